The van der Waals surface area contributed by atoms with E-state index in [4.69, 9.17) is 10.5 Å². The van der Waals surface area contributed by atoms with Crippen molar-refractivity contribution in [3.63, 3.8) is 0 Å². The molecule has 0 atom stereocenters. The third-order valence-electron chi connectivity index (χ3n) is 4.31. The molecule has 0 fully saturated rings. The highest BCUT2D eigenvalue weighted by Crippen LogP contribution is 2.26. The van der Waals surface area contributed by atoms with Crippen LogP contribution in [0.25, 0.3) is 11.1 Å². The second kappa shape index (κ2) is 9.01. The maximum Gasteiger partial charge on any atom is 0.354 e. The molecule has 0 aliphatic carbocycles. The van der Waals surface area contributed by atoms with Crippen LogP contribution in [0, 0.1) is 5.82 Å². The van der Waals surface area contributed by atoms with Crippen molar-refractivity contribution >= 4 is 11.8 Å². The fourth-order valence-electron chi connectivity index (χ4n) is 2.94. The monoisotopic (exact) mass is 392 g/mol. The molecule has 3 aromatic rings. The van der Waals surface area contributed by atoms with Gasteiger partial charge in [0, 0.05) is 36.1 Å². The first-order valence-electron chi connectivity index (χ1n) is 9.16. The van der Waals surface area contributed by atoms with Crippen LogP contribution in [-0.4, -0.2) is 22.9 Å². The van der Waals surface area contributed by atoms with E-state index in [9.17, 15) is 14.0 Å². The molecule has 0 unspecified atom stereocenters. The summed E-state index contributed by atoms with van der Waals surface area (Å²) in [5, 5.41) is 0. The average molecular weight is 392 g/mol. The molecule has 0 spiro atoms. The number of carbonyl (C=O) groups is 2. The molecule has 0 amide bonds. The van der Waals surface area contributed by atoms with Gasteiger partial charge in [-0.05, 0) is 30.2 Å². The van der Waals surface area contributed by atoms with E-state index in [1.165, 1.54) is 12.1 Å². The Hall–Kier alpha value is -3.67. The number of carbonyl (C=O) groups excluding carboxylic acids is 2. The number of benzene rings is 2. The molecule has 0 aliphatic rings. The van der Waals surface area contributed by atoms with Gasteiger partial charge in [-0.1, -0.05) is 42.5 Å². The first-order chi connectivity index (χ1) is 14.0. The van der Waals surface area contributed by atoms with Gasteiger partial charge in [-0.25, -0.2) is 9.18 Å². The van der Waals surface area contributed by atoms with Crippen molar-refractivity contribution in [1.29, 1.82) is 0 Å². The molecular formula is C23H21FN2O3. The topological polar surface area (TPSA) is 74.3 Å². The lowest BCUT2D eigenvalue weighted by Gasteiger charge is -2.03. The standard InChI is InChI=1S/C23H21FN2O3/c1-2-29-23(28)21(25)12-22(27)20-15-26(13-16-8-10-18(24)11-9-16)14-19(20)17-6-4-3-5-7-17/h3-12,14-15H,2,13,25H2,1H3/b21-12-. The predicted molar refractivity (Wildman–Crippen MR) is 109 cm³/mol. The van der Waals surface area contributed by atoms with E-state index >= 15 is 0 Å². The minimum absolute atomic E-state index is 0.172. The SMILES string of the molecule is CCOC(=O)/C(N)=C/C(=O)c1cn(Cc2ccc(F)cc2)cc1-c1ccccc1. The van der Waals surface area contributed by atoms with Crippen molar-refractivity contribution in [2.45, 2.75) is 13.5 Å². The maximum absolute atomic E-state index is 13.2. The van der Waals surface area contributed by atoms with E-state index in [0.717, 1.165) is 17.2 Å². The number of nitrogens with two attached hydrogens (primary N) is 1. The van der Waals surface area contributed by atoms with Gasteiger partial charge in [0.25, 0.3) is 0 Å². The molecule has 1 aromatic heterocycles. The summed E-state index contributed by atoms with van der Waals surface area (Å²) >= 11 is 0. The summed E-state index contributed by atoms with van der Waals surface area (Å²) in [6.07, 6.45) is 4.63. The number of hydrogen-bond donors (Lipinski definition) is 1. The Morgan fingerprint density at radius 2 is 1.76 bits per heavy atom. The van der Waals surface area contributed by atoms with Crippen LogP contribution in [0.15, 0.2) is 78.8 Å². The van der Waals surface area contributed by atoms with Crippen LogP contribution in [0.2, 0.25) is 0 Å². The first-order valence-corrected chi connectivity index (χ1v) is 9.16. The largest absolute Gasteiger partial charge is 0.461 e. The van der Waals surface area contributed by atoms with Crippen molar-refractivity contribution in [2.24, 2.45) is 5.73 Å². The lowest BCUT2D eigenvalue weighted by Crippen LogP contribution is -2.16. The fraction of sp³-hybridized carbons (Fsp3) is 0.130. The molecule has 0 saturated heterocycles. The van der Waals surface area contributed by atoms with Gasteiger partial charge in [-0.15, -0.1) is 0 Å². The quantitative estimate of drug-likeness (QED) is 0.376. The van der Waals surface area contributed by atoms with E-state index in [2.05, 4.69) is 0 Å². The zero-order valence-electron chi connectivity index (χ0n) is 16.0. The van der Waals surface area contributed by atoms with E-state index < -0.39 is 11.8 Å². The van der Waals surface area contributed by atoms with Crippen LogP contribution in [0.1, 0.15) is 22.8 Å². The highest BCUT2D eigenvalue weighted by molar-refractivity contribution is 6.11. The van der Waals surface area contributed by atoms with Crippen LogP contribution in [0.3, 0.4) is 0 Å². The van der Waals surface area contributed by atoms with Crippen molar-refractivity contribution < 1.29 is 18.7 Å². The van der Waals surface area contributed by atoms with Crippen LogP contribution in [0.4, 0.5) is 4.39 Å². The Morgan fingerprint density at radius 3 is 2.41 bits per heavy atom. The number of aromatic nitrogens is 1. The average Bonchev–Trinajstić information content (AvgIpc) is 3.14. The zero-order chi connectivity index (χ0) is 20.8. The van der Waals surface area contributed by atoms with Gasteiger partial charge in [0.2, 0.25) is 0 Å². The van der Waals surface area contributed by atoms with Crippen molar-refractivity contribution in [2.75, 3.05) is 6.61 Å². The molecule has 0 bridgehead atoms. The molecule has 2 N–H and O–H groups in total. The predicted octanol–water partition coefficient (Wildman–Crippen LogP) is 3.93. The molecule has 29 heavy (non-hydrogen) atoms. The summed E-state index contributed by atoms with van der Waals surface area (Å²) in [6, 6.07) is 15.6. The maximum atomic E-state index is 13.2. The second-order valence-corrected chi connectivity index (χ2v) is 6.43. The normalized spacial score (nSPS) is 11.3. The van der Waals surface area contributed by atoms with Crippen LogP contribution < -0.4 is 5.73 Å². The van der Waals surface area contributed by atoms with Crippen LogP contribution in [-0.2, 0) is 16.1 Å². The van der Waals surface area contributed by atoms with Crippen LogP contribution in [0.5, 0.6) is 0 Å². The van der Waals surface area contributed by atoms with E-state index in [0.29, 0.717) is 17.7 Å². The minimum atomic E-state index is -0.729. The summed E-state index contributed by atoms with van der Waals surface area (Å²) in [6.45, 7) is 2.30. The molecule has 3 rings (SSSR count). The number of ketones is 1. The first kappa shape index (κ1) is 20.1. The molecule has 0 radical (unpaired) electrons. The Labute approximate surface area is 168 Å². The molecule has 6 heteroatoms. The number of allylic oxidation sites excluding steroid dienone is 1. The Morgan fingerprint density at radius 1 is 1.07 bits per heavy atom. The highest BCUT2D eigenvalue weighted by Gasteiger charge is 2.17. The summed E-state index contributed by atoms with van der Waals surface area (Å²) in [4.78, 5) is 24.6. The number of esters is 1. The third-order valence-corrected chi connectivity index (χ3v) is 4.31. The van der Waals surface area contributed by atoms with Gasteiger partial charge in [0.15, 0.2) is 5.78 Å². The van der Waals surface area contributed by atoms with Gasteiger partial charge >= 0.3 is 5.97 Å². The third kappa shape index (κ3) is 4.99. The van der Waals surface area contributed by atoms with E-state index in [-0.39, 0.29) is 18.1 Å². The molecule has 5 nitrogen and oxygen atoms in total. The Balaban J connectivity index is 1.97. The lowest BCUT2D eigenvalue weighted by molar-refractivity contribution is -0.138. The molecule has 2 aromatic carbocycles. The van der Waals surface area contributed by atoms with E-state index in [1.54, 1.807) is 25.3 Å². The number of ether oxygens (including phenoxy) is 1. The molecule has 1 heterocycles. The number of nitrogens with zero attached hydrogens (tertiary/aromatic N) is 1. The molecular weight excluding hydrogens is 371 g/mol. The fourth-order valence-corrected chi connectivity index (χ4v) is 2.94. The summed E-state index contributed by atoms with van der Waals surface area (Å²) in [5.74, 6) is -1.43. The Kier molecular flexibility index (Phi) is 6.24. The number of hydrogen-bond acceptors (Lipinski definition) is 4. The van der Waals surface area contributed by atoms with Crippen LogP contribution >= 0.6 is 0 Å². The van der Waals surface area contributed by atoms with Gasteiger partial charge in [-0.2, -0.15) is 0 Å². The molecule has 0 saturated carbocycles. The molecule has 0 aliphatic heterocycles. The number of halogens is 1. The van der Waals surface area contributed by atoms with Crippen molar-refractivity contribution in [1.82, 2.24) is 4.57 Å². The lowest BCUT2D eigenvalue weighted by atomic mass is 10.0. The smallest absolute Gasteiger partial charge is 0.354 e. The number of rotatable bonds is 7. The van der Waals surface area contributed by atoms with Crippen molar-refractivity contribution in [3.05, 3.63) is 95.7 Å². The van der Waals surface area contributed by atoms with E-state index in [1.807, 2.05) is 41.1 Å². The Bertz CT molecular complexity index is 1040. The van der Waals surface area contributed by atoms with Gasteiger partial charge in [0.1, 0.15) is 11.5 Å². The van der Waals surface area contributed by atoms with Gasteiger partial charge < -0.3 is 15.0 Å². The summed E-state index contributed by atoms with van der Waals surface area (Å²) < 4.78 is 19.8. The highest BCUT2D eigenvalue weighted by atomic mass is 19.1. The summed E-state index contributed by atoms with van der Waals surface area (Å²) in [7, 11) is 0. The van der Waals surface area contributed by atoms with Gasteiger partial charge in [-0.3, -0.25) is 4.79 Å². The van der Waals surface area contributed by atoms with Gasteiger partial charge in [0.05, 0.1) is 6.61 Å². The second-order valence-electron chi connectivity index (χ2n) is 6.43. The summed E-state index contributed by atoms with van der Waals surface area (Å²) in [5.41, 5.74) is 8.32. The zero-order valence-corrected chi connectivity index (χ0v) is 16.0. The molecule has 148 valence electrons. The minimum Gasteiger partial charge on any atom is -0.461 e. The van der Waals surface area contributed by atoms with Crippen molar-refractivity contribution in [3.8, 4) is 11.1 Å².